The van der Waals surface area contributed by atoms with Gasteiger partial charge in [-0.25, -0.2) is 0 Å². The number of anilines is 1. The third-order valence-electron chi connectivity index (χ3n) is 4.57. The number of aliphatic hydroxyl groups is 1. The summed E-state index contributed by atoms with van der Waals surface area (Å²) in [7, 11) is 0. The molecule has 1 aliphatic rings. The van der Waals surface area contributed by atoms with Gasteiger partial charge in [-0.3, -0.25) is 9.59 Å². The van der Waals surface area contributed by atoms with Crippen LogP contribution in [0.25, 0.3) is 0 Å². The fraction of sp³-hybridized carbons (Fsp3) is 0.273. The third kappa shape index (κ3) is 3.51. The number of fused-ring (bicyclic) bond motifs is 1. The number of ether oxygens (including phenoxy) is 1. The van der Waals surface area contributed by atoms with Crippen LogP contribution in [0.2, 0.25) is 0 Å². The second-order valence-corrected chi connectivity index (χ2v) is 6.78. The van der Waals surface area contributed by atoms with Crippen molar-refractivity contribution in [1.82, 2.24) is 0 Å². The smallest absolute Gasteiger partial charge is 0.264 e. The van der Waals surface area contributed by atoms with E-state index in [1.807, 2.05) is 13.8 Å². The number of rotatable bonds is 7. The lowest BCUT2D eigenvalue weighted by Crippen LogP contribution is -2.42. The fourth-order valence-corrected chi connectivity index (χ4v) is 3.34. The average molecular weight is 365 g/mol. The lowest BCUT2D eigenvalue weighted by Gasteiger charge is -2.23. The molecule has 1 aliphatic heterocycles. The van der Waals surface area contributed by atoms with E-state index < -0.39 is 11.5 Å². The van der Waals surface area contributed by atoms with Crippen molar-refractivity contribution in [2.45, 2.75) is 25.9 Å². The molecule has 0 fully saturated rings. The lowest BCUT2D eigenvalue weighted by atomic mass is 9.88. The molecule has 1 heterocycles. The van der Waals surface area contributed by atoms with Crippen molar-refractivity contribution in [2.24, 2.45) is 0 Å². The molecule has 1 atom stereocenters. The molecule has 2 aromatic carbocycles. The summed E-state index contributed by atoms with van der Waals surface area (Å²) in [6, 6.07) is 13.7. The van der Waals surface area contributed by atoms with E-state index in [1.165, 1.54) is 4.90 Å². The van der Waals surface area contributed by atoms with Crippen LogP contribution >= 0.6 is 0 Å². The Morgan fingerprint density at radius 1 is 1.19 bits per heavy atom. The monoisotopic (exact) mass is 365 g/mol. The summed E-state index contributed by atoms with van der Waals surface area (Å²) in [4.78, 5) is 27.2. The predicted octanol–water partition coefficient (Wildman–Crippen LogP) is 3.47. The number of benzene rings is 2. The summed E-state index contributed by atoms with van der Waals surface area (Å²) in [5.41, 5.74) is 0.417. The second-order valence-electron chi connectivity index (χ2n) is 6.78. The molecule has 0 bridgehead atoms. The number of para-hydroxylation sites is 1. The molecule has 0 saturated heterocycles. The zero-order valence-corrected chi connectivity index (χ0v) is 15.6. The van der Waals surface area contributed by atoms with Crippen molar-refractivity contribution >= 4 is 17.4 Å². The Balaban J connectivity index is 1.89. The summed E-state index contributed by atoms with van der Waals surface area (Å²) in [6.07, 6.45) is -0.316. The number of amides is 1. The van der Waals surface area contributed by atoms with Crippen LogP contribution in [0, 0.1) is 0 Å². The summed E-state index contributed by atoms with van der Waals surface area (Å²) in [6.45, 7) is 8.39. The van der Waals surface area contributed by atoms with Crippen molar-refractivity contribution in [1.29, 1.82) is 0 Å². The molecule has 2 aromatic rings. The van der Waals surface area contributed by atoms with Gasteiger partial charge in [0.15, 0.2) is 11.4 Å². The summed E-state index contributed by atoms with van der Waals surface area (Å²) in [5, 5.41) is 11.2. The van der Waals surface area contributed by atoms with Gasteiger partial charge in [-0.1, -0.05) is 30.4 Å². The first-order valence-electron chi connectivity index (χ1n) is 8.91. The lowest BCUT2D eigenvalue weighted by molar-refractivity contribution is -0.135. The Morgan fingerprint density at radius 3 is 2.48 bits per heavy atom. The quantitative estimate of drug-likeness (QED) is 0.603. The largest absolute Gasteiger partial charge is 0.494 e. The molecule has 0 aromatic heterocycles. The van der Waals surface area contributed by atoms with Crippen molar-refractivity contribution in [3.8, 4) is 5.75 Å². The van der Waals surface area contributed by atoms with Gasteiger partial charge in [0.2, 0.25) is 0 Å². The van der Waals surface area contributed by atoms with E-state index in [2.05, 4.69) is 6.58 Å². The van der Waals surface area contributed by atoms with E-state index in [9.17, 15) is 14.7 Å². The van der Waals surface area contributed by atoms with E-state index in [1.54, 1.807) is 48.5 Å². The zero-order valence-electron chi connectivity index (χ0n) is 15.6. The molecule has 140 valence electrons. The topological polar surface area (TPSA) is 66.8 Å². The van der Waals surface area contributed by atoms with E-state index in [0.717, 1.165) is 5.57 Å². The van der Waals surface area contributed by atoms with Gasteiger partial charge in [-0.15, -0.1) is 0 Å². The minimum atomic E-state index is -1.87. The maximum Gasteiger partial charge on any atom is 0.264 e. The molecule has 27 heavy (non-hydrogen) atoms. The van der Waals surface area contributed by atoms with Gasteiger partial charge in [0.1, 0.15) is 5.75 Å². The molecule has 3 rings (SSSR count). The normalized spacial score (nSPS) is 18.3. The first-order valence-corrected chi connectivity index (χ1v) is 8.91. The van der Waals surface area contributed by atoms with Crippen LogP contribution < -0.4 is 9.64 Å². The molecule has 0 radical (unpaired) electrons. The summed E-state index contributed by atoms with van der Waals surface area (Å²) >= 11 is 0. The van der Waals surface area contributed by atoms with E-state index in [4.69, 9.17) is 4.74 Å². The fourth-order valence-electron chi connectivity index (χ4n) is 3.34. The van der Waals surface area contributed by atoms with Gasteiger partial charge in [0.05, 0.1) is 18.7 Å². The van der Waals surface area contributed by atoms with Gasteiger partial charge < -0.3 is 14.7 Å². The average Bonchev–Trinajstić information content (AvgIpc) is 2.84. The Labute approximate surface area is 158 Å². The summed E-state index contributed by atoms with van der Waals surface area (Å²) < 4.78 is 5.38. The van der Waals surface area contributed by atoms with E-state index in [0.29, 0.717) is 35.7 Å². The molecule has 5 nitrogen and oxygen atoms in total. The molecule has 1 N–H and O–H groups in total. The second kappa shape index (κ2) is 7.37. The van der Waals surface area contributed by atoms with Crippen LogP contribution in [0.1, 0.15) is 36.2 Å². The van der Waals surface area contributed by atoms with Crippen LogP contribution in [-0.2, 0) is 10.4 Å². The van der Waals surface area contributed by atoms with Crippen molar-refractivity contribution < 1.29 is 19.4 Å². The van der Waals surface area contributed by atoms with Gasteiger partial charge in [0.25, 0.3) is 5.91 Å². The van der Waals surface area contributed by atoms with Gasteiger partial charge in [-0.2, -0.15) is 0 Å². The first-order chi connectivity index (χ1) is 12.9. The number of hydrogen-bond donors (Lipinski definition) is 1. The third-order valence-corrected chi connectivity index (χ3v) is 4.57. The van der Waals surface area contributed by atoms with Crippen LogP contribution in [0.4, 0.5) is 5.69 Å². The number of Topliss-reactive ketones (excluding diaryl/α,β-unsaturated/α-hetero) is 1. The SMILES string of the molecule is C=C(C)CN1C(=O)[C@@](O)(CC(=O)c2ccc(OCC)cc2)c2ccccc21. The first kappa shape index (κ1) is 18.9. The predicted molar refractivity (Wildman–Crippen MR) is 104 cm³/mol. The Bertz CT molecular complexity index is 887. The number of carbonyl (C=O) groups is 2. The molecular formula is C22H23NO4. The van der Waals surface area contributed by atoms with Crippen LogP contribution in [0.15, 0.2) is 60.7 Å². The van der Waals surface area contributed by atoms with Crippen LogP contribution in [0.5, 0.6) is 5.75 Å². The molecule has 0 aliphatic carbocycles. The summed E-state index contributed by atoms with van der Waals surface area (Å²) in [5.74, 6) is -0.130. The highest BCUT2D eigenvalue weighted by atomic mass is 16.5. The Morgan fingerprint density at radius 2 is 1.85 bits per heavy atom. The Kier molecular flexibility index (Phi) is 5.15. The molecule has 1 amide bonds. The molecule has 0 unspecified atom stereocenters. The minimum absolute atomic E-state index is 0.301. The molecule has 5 heteroatoms. The highest BCUT2D eigenvalue weighted by molar-refractivity contribution is 6.11. The van der Waals surface area contributed by atoms with Crippen molar-refractivity contribution in [3.05, 3.63) is 71.8 Å². The van der Waals surface area contributed by atoms with Crippen LogP contribution in [0.3, 0.4) is 0 Å². The van der Waals surface area contributed by atoms with E-state index >= 15 is 0 Å². The number of ketones is 1. The molecule has 0 spiro atoms. The molecule has 0 saturated carbocycles. The standard InChI is InChI=1S/C22H23NO4/c1-4-27-17-11-9-16(10-12-17)20(24)13-22(26)18-7-5-6-8-19(18)23(21(22)25)14-15(2)3/h5-12,26H,2,4,13-14H2,1,3H3/t22-/m1/s1. The van der Waals surface area contributed by atoms with Crippen molar-refractivity contribution in [2.75, 3.05) is 18.1 Å². The van der Waals surface area contributed by atoms with Crippen molar-refractivity contribution in [3.63, 3.8) is 0 Å². The Hall–Kier alpha value is -2.92. The maximum atomic E-state index is 13.0. The highest BCUT2D eigenvalue weighted by Gasteiger charge is 2.50. The zero-order chi connectivity index (χ0) is 19.6. The van der Waals surface area contributed by atoms with Gasteiger partial charge in [-0.05, 0) is 44.2 Å². The maximum absolute atomic E-state index is 13.0. The van der Waals surface area contributed by atoms with Gasteiger partial charge in [0, 0.05) is 17.7 Å². The number of nitrogens with zero attached hydrogens (tertiary/aromatic N) is 1. The number of carbonyl (C=O) groups excluding carboxylic acids is 2. The van der Waals surface area contributed by atoms with Gasteiger partial charge >= 0.3 is 0 Å². The minimum Gasteiger partial charge on any atom is -0.494 e. The van der Waals surface area contributed by atoms with Crippen LogP contribution in [-0.4, -0.2) is 29.9 Å². The number of hydrogen-bond acceptors (Lipinski definition) is 4. The molecular weight excluding hydrogens is 342 g/mol. The van der Waals surface area contributed by atoms with E-state index in [-0.39, 0.29) is 12.2 Å². The highest BCUT2D eigenvalue weighted by Crippen LogP contribution is 2.43.